The number of aryl methyl sites for hydroxylation is 1. The van der Waals surface area contributed by atoms with E-state index in [0.29, 0.717) is 5.69 Å². The summed E-state index contributed by atoms with van der Waals surface area (Å²) in [5.41, 5.74) is 2.25. The van der Waals surface area contributed by atoms with E-state index in [0.717, 1.165) is 17.2 Å². The number of nitrogens with one attached hydrogen (secondary N) is 1. The molecule has 0 aliphatic heterocycles. The molecule has 0 aliphatic rings. The fourth-order valence-electron chi connectivity index (χ4n) is 1.70. The van der Waals surface area contributed by atoms with Crippen molar-refractivity contribution in [3.8, 4) is 0 Å². The number of carboxylic acid groups (broad SMARTS) is 1. The van der Waals surface area contributed by atoms with E-state index in [2.05, 4.69) is 20.8 Å². The molecule has 8 heteroatoms. The predicted molar refractivity (Wildman–Crippen MR) is 74.3 cm³/mol. The first-order valence-electron chi connectivity index (χ1n) is 6.07. The molecule has 0 aliphatic carbocycles. The van der Waals surface area contributed by atoms with Gasteiger partial charge in [0.15, 0.2) is 0 Å². The molecule has 21 heavy (non-hydrogen) atoms. The molecule has 1 aromatic heterocycles. The molecule has 0 radical (unpaired) electrons. The van der Waals surface area contributed by atoms with Gasteiger partial charge in [0, 0.05) is 11.8 Å². The highest BCUT2D eigenvalue weighted by Crippen LogP contribution is 2.16. The van der Waals surface area contributed by atoms with Crippen molar-refractivity contribution in [1.82, 2.24) is 20.2 Å². The third-order valence-corrected chi connectivity index (χ3v) is 2.66. The first kappa shape index (κ1) is 14.4. The highest BCUT2D eigenvalue weighted by atomic mass is 16.4. The second-order valence-corrected chi connectivity index (χ2v) is 4.30. The molecule has 0 bridgehead atoms. The fraction of sp³-hybridized carbons (Fsp3) is 0.154. The van der Waals surface area contributed by atoms with Gasteiger partial charge in [-0.15, -0.1) is 5.10 Å². The molecule has 1 heterocycles. The van der Waals surface area contributed by atoms with Crippen LogP contribution in [0.1, 0.15) is 11.1 Å². The van der Waals surface area contributed by atoms with Crippen LogP contribution in [0.5, 0.6) is 0 Å². The van der Waals surface area contributed by atoms with E-state index in [1.807, 2.05) is 6.92 Å². The Bertz CT molecular complexity index is 679. The van der Waals surface area contributed by atoms with Gasteiger partial charge >= 0.3 is 5.97 Å². The average molecular weight is 287 g/mol. The van der Waals surface area contributed by atoms with Crippen LogP contribution < -0.4 is 5.32 Å². The van der Waals surface area contributed by atoms with E-state index in [1.165, 1.54) is 17.1 Å². The Morgan fingerprint density at radius 2 is 2.24 bits per heavy atom. The SMILES string of the molecule is Cc1cc(NC(=O)Cn2cnnn2)ccc1C=CC(=O)O. The number of anilines is 1. The highest BCUT2D eigenvalue weighted by Gasteiger charge is 2.05. The van der Waals surface area contributed by atoms with E-state index in [4.69, 9.17) is 5.11 Å². The van der Waals surface area contributed by atoms with Crippen molar-refractivity contribution >= 4 is 23.6 Å². The number of aliphatic carboxylic acids is 1. The van der Waals surface area contributed by atoms with Crippen LogP contribution in [0.25, 0.3) is 6.08 Å². The van der Waals surface area contributed by atoms with Crippen LogP contribution in [0.2, 0.25) is 0 Å². The largest absolute Gasteiger partial charge is 0.478 e. The number of carbonyl (C=O) groups is 2. The summed E-state index contributed by atoms with van der Waals surface area (Å²) in [7, 11) is 0. The molecule has 1 aromatic carbocycles. The minimum absolute atomic E-state index is 0.0206. The molecule has 1 amide bonds. The molecule has 108 valence electrons. The zero-order valence-electron chi connectivity index (χ0n) is 11.2. The fourth-order valence-corrected chi connectivity index (χ4v) is 1.70. The molecule has 0 fully saturated rings. The van der Waals surface area contributed by atoms with E-state index in [1.54, 1.807) is 18.2 Å². The van der Waals surface area contributed by atoms with Crippen molar-refractivity contribution in [2.24, 2.45) is 0 Å². The van der Waals surface area contributed by atoms with Crippen molar-refractivity contribution in [2.45, 2.75) is 13.5 Å². The molecule has 2 rings (SSSR count). The van der Waals surface area contributed by atoms with Crippen LogP contribution in [0.3, 0.4) is 0 Å². The van der Waals surface area contributed by atoms with E-state index in [9.17, 15) is 9.59 Å². The standard InChI is InChI=1S/C13H13N5O3/c1-9-6-11(4-2-10(9)3-5-13(20)21)15-12(19)7-18-8-14-16-17-18/h2-6,8H,7H2,1H3,(H,15,19)(H,20,21). The minimum atomic E-state index is -1.01. The van der Waals surface area contributed by atoms with Crippen LogP contribution in [-0.2, 0) is 16.1 Å². The molecule has 0 spiro atoms. The van der Waals surface area contributed by atoms with E-state index < -0.39 is 5.97 Å². The van der Waals surface area contributed by atoms with E-state index in [-0.39, 0.29) is 12.5 Å². The van der Waals surface area contributed by atoms with Crippen molar-refractivity contribution in [3.05, 3.63) is 41.7 Å². The number of carboxylic acids is 1. The van der Waals surface area contributed by atoms with E-state index >= 15 is 0 Å². The van der Waals surface area contributed by atoms with Crippen molar-refractivity contribution in [3.63, 3.8) is 0 Å². The maximum atomic E-state index is 11.8. The summed E-state index contributed by atoms with van der Waals surface area (Å²) in [4.78, 5) is 22.3. The van der Waals surface area contributed by atoms with Crippen LogP contribution in [0.4, 0.5) is 5.69 Å². The predicted octanol–water partition coefficient (Wildman–Crippen LogP) is 0.718. The number of tetrazole rings is 1. The Morgan fingerprint density at radius 1 is 1.43 bits per heavy atom. The molecular formula is C13H13N5O3. The maximum Gasteiger partial charge on any atom is 0.328 e. The van der Waals surface area contributed by atoms with Gasteiger partial charge in [0.2, 0.25) is 5.91 Å². The van der Waals surface area contributed by atoms with Gasteiger partial charge in [-0.25, -0.2) is 9.48 Å². The second-order valence-electron chi connectivity index (χ2n) is 4.30. The first-order valence-corrected chi connectivity index (χ1v) is 6.07. The maximum absolute atomic E-state index is 11.8. The summed E-state index contributed by atoms with van der Waals surface area (Å²) in [5.74, 6) is -1.26. The Kier molecular flexibility index (Phi) is 4.39. The molecule has 0 unspecified atom stereocenters. The molecule has 0 atom stereocenters. The summed E-state index contributed by atoms with van der Waals surface area (Å²) in [6.07, 6.45) is 3.92. The lowest BCUT2D eigenvalue weighted by Gasteiger charge is -2.07. The van der Waals surface area contributed by atoms with Crippen LogP contribution in [0.15, 0.2) is 30.6 Å². The topological polar surface area (TPSA) is 110 Å². The van der Waals surface area contributed by atoms with Crippen LogP contribution in [0, 0.1) is 6.92 Å². The lowest BCUT2D eigenvalue weighted by Crippen LogP contribution is -2.19. The Labute approximate surface area is 120 Å². The zero-order valence-corrected chi connectivity index (χ0v) is 11.2. The van der Waals surface area contributed by atoms with Gasteiger partial charge in [-0.1, -0.05) is 6.07 Å². The lowest BCUT2D eigenvalue weighted by molar-refractivity contribution is -0.131. The number of benzene rings is 1. The van der Waals surface area contributed by atoms with Crippen molar-refractivity contribution < 1.29 is 14.7 Å². The summed E-state index contributed by atoms with van der Waals surface area (Å²) >= 11 is 0. The molecule has 8 nitrogen and oxygen atoms in total. The number of amides is 1. The van der Waals surface area contributed by atoms with Gasteiger partial charge in [0.05, 0.1) is 0 Å². The number of carbonyl (C=O) groups excluding carboxylic acids is 1. The third kappa shape index (κ3) is 4.23. The molecule has 2 aromatic rings. The zero-order chi connectivity index (χ0) is 15.2. The van der Waals surface area contributed by atoms with Gasteiger partial charge in [-0.2, -0.15) is 0 Å². The molecule has 0 saturated heterocycles. The second kappa shape index (κ2) is 6.42. The van der Waals surface area contributed by atoms with Gasteiger partial charge in [-0.05, 0) is 46.7 Å². The van der Waals surface area contributed by atoms with Crippen LogP contribution in [-0.4, -0.2) is 37.2 Å². The van der Waals surface area contributed by atoms with Gasteiger partial charge in [0.1, 0.15) is 12.9 Å². The summed E-state index contributed by atoms with van der Waals surface area (Å²) < 4.78 is 1.31. The van der Waals surface area contributed by atoms with Gasteiger partial charge in [0.25, 0.3) is 0 Å². The Hall–Kier alpha value is -3.03. The summed E-state index contributed by atoms with van der Waals surface area (Å²) in [6.45, 7) is 1.85. The minimum Gasteiger partial charge on any atom is -0.478 e. The smallest absolute Gasteiger partial charge is 0.328 e. The number of hydrogen-bond donors (Lipinski definition) is 2. The van der Waals surface area contributed by atoms with Crippen LogP contribution >= 0.6 is 0 Å². The quantitative estimate of drug-likeness (QED) is 0.784. The number of hydrogen-bond acceptors (Lipinski definition) is 5. The van der Waals surface area contributed by atoms with Crippen molar-refractivity contribution in [2.75, 3.05) is 5.32 Å². The molecular weight excluding hydrogens is 274 g/mol. The first-order chi connectivity index (χ1) is 10.0. The Morgan fingerprint density at radius 3 is 2.86 bits per heavy atom. The van der Waals surface area contributed by atoms with Gasteiger partial charge in [-0.3, -0.25) is 4.79 Å². The Balaban J connectivity index is 2.03. The number of aromatic nitrogens is 4. The number of nitrogens with zero attached hydrogens (tertiary/aromatic N) is 4. The van der Waals surface area contributed by atoms with Gasteiger partial charge < -0.3 is 10.4 Å². The monoisotopic (exact) mass is 287 g/mol. The highest BCUT2D eigenvalue weighted by molar-refractivity contribution is 5.91. The summed E-state index contributed by atoms with van der Waals surface area (Å²) in [6, 6.07) is 5.20. The lowest BCUT2D eigenvalue weighted by atomic mass is 10.1. The van der Waals surface area contributed by atoms with Crippen molar-refractivity contribution in [1.29, 1.82) is 0 Å². The summed E-state index contributed by atoms with van der Waals surface area (Å²) in [5, 5.41) is 21.8. The number of rotatable bonds is 5. The molecule has 0 saturated carbocycles. The average Bonchev–Trinajstić information content (AvgIpc) is 2.90. The third-order valence-electron chi connectivity index (χ3n) is 2.66. The normalized spacial score (nSPS) is 10.7. The molecule has 2 N–H and O–H groups in total.